The van der Waals surface area contributed by atoms with Crippen LogP contribution in [0.2, 0.25) is 0 Å². The Bertz CT molecular complexity index is 700. The Morgan fingerprint density at radius 2 is 2.15 bits per heavy atom. The Balaban J connectivity index is 2.22. The molecule has 7 nitrogen and oxygen atoms in total. The van der Waals surface area contributed by atoms with Crippen molar-refractivity contribution in [3.8, 4) is 0 Å². The number of hydrogen-bond donors (Lipinski definition) is 2. The molecule has 1 unspecified atom stereocenters. The maximum atomic E-state index is 11.3. The van der Waals surface area contributed by atoms with Crippen LogP contribution in [0.5, 0.6) is 0 Å². The number of nitrogens with zero attached hydrogens (tertiary/aromatic N) is 2. The Morgan fingerprint density at radius 3 is 2.75 bits per heavy atom. The maximum absolute atomic E-state index is 11.3. The fraction of sp³-hybridized carbons (Fsp3) is 0.308. The lowest BCUT2D eigenvalue weighted by Gasteiger charge is -2.06. The van der Waals surface area contributed by atoms with Gasteiger partial charge in [0.25, 0.3) is 0 Å². The number of fused-ring (bicyclic) bond motifs is 1. The van der Waals surface area contributed by atoms with Crippen LogP contribution < -0.4 is 0 Å². The van der Waals surface area contributed by atoms with Crippen LogP contribution in [0.3, 0.4) is 0 Å². The summed E-state index contributed by atoms with van der Waals surface area (Å²) >= 11 is 0. The van der Waals surface area contributed by atoms with Crippen molar-refractivity contribution < 1.29 is 24.5 Å². The summed E-state index contributed by atoms with van der Waals surface area (Å²) in [4.78, 5) is 26.4. The number of imidazole rings is 1. The SMILES string of the molecule is O=C(O)c1ccn2c(C3CCOC3)nc(C(=O)O)c2c1. The molecular weight excluding hydrogens is 264 g/mol. The van der Waals surface area contributed by atoms with Crippen molar-refractivity contribution in [2.24, 2.45) is 0 Å². The highest BCUT2D eigenvalue weighted by molar-refractivity contribution is 5.96. The minimum Gasteiger partial charge on any atom is -0.478 e. The Hall–Kier alpha value is -2.41. The third-order valence-electron chi connectivity index (χ3n) is 3.42. The lowest BCUT2D eigenvalue weighted by Crippen LogP contribution is -2.04. The van der Waals surface area contributed by atoms with Crippen molar-refractivity contribution in [3.63, 3.8) is 0 Å². The lowest BCUT2D eigenvalue weighted by molar-refractivity contribution is 0.0682. The van der Waals surface area contributed by atoms with Gasteiger partial charge in [0, 0.05) is 18.7 Å². The third kappa shape index (κ3) is 1.92. The zero-order chi connectivity index (χ0) is 14.3. The fourth-order valence-corrected chi connectivity index (χ4v) is 2.42. The van der Waals surface area contributed by atoms with E-state index in [1.54, 1.807) is 10.6 Å². The Morgan fingerprint density at radius 1 is 1.35 bits per heavy atom. The van der Waals surface area contributed by atoms with Gasteiger partial charge in [-0.3, -0.25) is 0 Å². The molecule has 0 radical (unpaired) electrons. The van der Waals surface area contributed by atoms with E-state index >= 15 is 0 Å². The van der Waals surface area contributed by atoms with E-state index in [1.807, 2.05) is 0 Å². The monoisotopic (exact) mass is 276 g/mol. The van der Waals surface area contributed by atoms with Crippen LogP contribution in [-0.4, -0.2) is 44.8 Å². The summed E-state index contributed by atoms with van der Waals surface area (Å²) in [6, 6.07) is 2.76. The zero-order valence-corrected chi connectivity index (χ0v) is 10.4. The van der Waals surface area contributed by atoms with E-state index in [9.17, 15) is 14.7 Å². The van der Waals surface area contributed by atoms with Gasteiger partial charge in [-0.25, -0.2) is 14.6 Å². The summed E-state index contributed by atoms with van der Waals surface area (Å²) in [5.41, 5.74) is 0.198. The predicted octanol–water partition coefficient (Wildman–Crippen LogP) is 1.23. The topological polar surface area (TPSA) is 101 Å². The molecule has 3 rings (SSSR count). The molecule has 3 heterocycles. The van der Waals surface area contributed by atoms with Crippen molar-refractivity contribution >= 4 is 17.5 Å². The maximum Gasteiger partial charge on any atom is 0.356 e. The van der Waals surface area contributed by atoms with Crippen LogP contribution in [0.15, 0.2) is 18.3 Å². The normalized spacial score (nSPS) is 18.5. The van der Waals surface area contributed by atoms with Crippen molar-refractivity contribution in [3.05, 3.63) is 35.4 Å². The minimum absolute atomic E-state index is 0.0336. The first kappa shape index (κ1) is 12.6. The average molecular weight is 276 g/mol. The van der Waals surface area contributed by atoms with Crippen molar-refractivity contribution in [1.29, 1.82) is 0 Å². The molecule has 2 aromatic rings. The number of ether oxygens (including phenoxy) is 1. The number of rotatable bonds is 3. The van der Waals surface area contributed by atoms with Crippen LogP contribution in [0, 0.1) is 0 Å². The van der Waals surface area contributed by atoms with Gasteiger partial charge in [-0.2, -0.15) is 0 Å². The first-order valence-electron chi connectivity index (χ1n) is 6.14. The van der Waals surface area contributed by atoms with Gasteiger partial charge < -0.3 is 19.4 Å². The van der Waals surface area contributed by atoms with E-state index in [0.29, 0.717) is 24.6 Å². The average Bonchev–Trinajstić information content (AvgIpc) is 3.04. The summed E-state index contributed by atoms with van der Waals surface area (Å²) in [6.07, 6.45) is 2.32. The number of carbonyl (C=O) groups is 2. The summed E-state index contributed by atoms with van der Waals surface area (Å²) in [5, 5.41) is 18.2. The minimum atomic E-state index is -1.17. The van der Waals surface area contributed by atoms with Crippen molar-refractivity contribution in [2.75, 3.05) is 13.2 Å². The Labute approximate surface area is 113 Å². The molecule has 20 heavy (non-hydrogen) atoms. The number of carboxylic acids is 2. The van der Waals surface area contributed by atoms with Crippen LogP contribution in [0.4, 0.5) is 0 Å². The van der Waals surface area contributed by atoms with E-state index < -0.39 is 11.9 Å². The number of pyridine rings is 1. The second-order valence-corrected chi connectivity index (χ2v) is 4.66. The summed E-state index contributed by atoms with van der Waals surface area (Å²) in [7, 11) is 0. The largest absolute Gasteiger partial charge is 0.478 e. The predicted molar refractivity (Wildman–Crippen MR) is 67.3 cm³/mol. The molecule has 0 bridgehead atoms. The molecule has 0 saturated carbocycles. The molecule has 0 aromatic carbocycles. The summed E-state index contributed by atoms with van der Waals surface area (Å²) in [5.74, 6) is -1.64. The highest BCUT2D eigenvalue weighted by Gasteiger charge is 2.26. The molecule has 0 spiro atoms. The first-order chi connectivity index (χ1) is 9.58. The number of hydrogen-bond acceptors (Lipinski definition) is 4. The fourth-order valence-electron chi connectivity index (χ4n) is 2.42. The smallest absolute Gasteiger partial charge is 0.356 e. The van der Waals surface area contributed by atoms with Gasteiger partial charge in [0.05, 0.1) is 17.7 Å². The molecular formula is C13H12N2O5. The summed E-state index contributed by atoms with van der Waals surface area (Å²) in [6.45, 7) is 1.12. The van der Waals surface area contributed by atoms with Gasteiger partial charge in [-0.15, -0.1) is 0 Å². The van der Waals surface area contributed by atoms with Crippen LogP contribution in [0.25, 0.3) is 5.52 Å². The molecule has 104 valence electrons. The second-order valence-electron chi connectivity index (χ2n) is 4.66. The summed E-state index contributed by atoms with van der Waals surface area (Å²) < 4.78 is 6.93. The van der Waals surface area contributed by atoms with Crippen molar-refractivity contribution in [1.82, 2.24) is 9.38 Å². The van der Waals surface area contributed by atoms with Gasteiger partial charge >= 0.3 is 11.9 Å². The van der Waals surface area contributed by atoms with E-state index in [0.717, 1.165) is 6.42 Å². The molecule has 2 N–H and O–H groups in total. The van der Waals surface area contributed by atoms with Crippen molar-refractivity contribution in [2.45, 2.75) is 12.3 Å². The molecule has 1 aliphatic heterocycles. The van der Waals surface area contributed by atoms with E-state index in [4.69, 9.17) is 9.84 Å². The van der Waals surface area contributed by atoms with Gasteiger partial charge in [0.2, 0.25) is 0 Å². The Kier molecular flexibility index (Phi) is 2.90. The molecule has 1 fully saturated rings. The van der Waals surface area contributed by atoms with Gasteiger partial charge in [0.15, 0.2) is 5.69 Å². The number of aromatic nitrogens is 2. The molecule has 0 amide bonds. The highest BCUT2D eigenvalue weighted by Crippen LogP contribution is 2.27. The van der Waals surface area contributed by atoms with E-state index in [1.165, 1.54) is 12.1 Å². The lowest BCUT2D eigenvalue weighted by atomic mass is 10.1. The standard InChI is InChI=1S/C13H12N2O5/c16-12(17)7-1-3-15-9(5-7)10(13(18)19)14-11(15)8-2-4-20-6-8/h1,3,5,8H,2,4,6H2,(H,16,17)(H,18,19). The van der Waals surface area contributed by atoms with E-state index in [-0.39, 0.29) is 17.2 Å². The highest BCUT2D eigenvalue weighted by atomic mass is 16.5. The molecule has 1 aliphatic rings. The quantitative estimate of drug-likeness (QED) is 0.874. The molecule has 1 saturated heterocycles. The zero-order valence-electron chi connectivity index (χ0n) is 10.4. The van der Waals surface area contributed by atoms with E-state index in [2.05, 4.69) is 4.98 Å². The molecule has 0 aliphatic carbocycles. The molecule has 7 heteroatoms. The van der Waals surface area contributed by atoms with Gasteiger partial charge in [-0.1, -0.05) is 0 Å². The molecule has 2 aromatic heterocycles. The van der Waals surface area contributed by atoms with Gasteiger partial charge in [-0.05, 0) is 18.6 Å². The first-order valence-corrected chi connectivity index (χ1v) is 6.14. The number of carboxylic acid groups (broad SMARTS) is 2. The second kappa shape index (κ2) is 4.61. The third-order valence-corrected chi connectivity index (χ3v) is 3.42. The van der Waals surface area contributed by atoms with Crippen LogP contribution in [0.1, 0.15) is 39.0 Å². The van der Waals surface area contributed by atoms with Crippen LogP contribution >= 0.6 is 0 Å². The van der Waals surface area contributed by atoms with Gasteiger partial charge in [0.1, 0.15) is 5.82 Å². The molecule has 1 atom stereocenters. The number of aromatic carboxylic acids is 2. The van der Waals surface area contributed by atoms with Crippen LogP contribution in [-0.2, 0) is 4.74 Å².